The zero-order chi connectivity index (χ0) is 11.8. The van der Waals surface area contributed by atoms with E-state index in [2.05, 4.69) is 5.32 Å². The maximum Gasteiger partial charge on any atom is 0.220 e. The first-order valence-corrected chi connectivity index (χ1v) is 5.75. The highest BCUT2D eigenvalue weighted by molar-refractivity contribution is 6.30. The van der Waals surface area contributed by atoms with Crippen molar-refractivity contribution in [3.63, 3.8) is 0 Å². The molecule has 0 aliphatic rings. The minimum atomic E-state index is 0.0668. The second-order valence-electron chi connectivity index (χ2n) is 3.41. The van der Waals surface area contributed by atoms with Gasteiger partial charge in [-0.2, -0.15) is 0 Å². The Bertz CT molecular complexity index is 342. The smallest absolute Gasteiger partial charge is 0.220 e. The SMILES string of the molecule is CCCC(=O)NCCOc1cccc(Cl)c1. The first-order valence-electron chi connectivity index (χ1n) is 5.37. The van der Waals surface area contributed by atoms with E-state index in [1.807, 2.05) is 19.1 Å². The number of carbonyl (C=O) groups excluding carboxylic acids is 1. The lowest BCUT2D eigenvalue weighted by atomic mass is 10.3. The molecule has 0 atom stereocenters. The van der Waals surface area contributed by atoms with Crippen molar-refractivity contribution in [2.75, 3.05) is 13.2 Å². The minimum Gasteiger partial charge on any atom is -0.492 e. The standard InChI is InChI=1S/C12H16ClNO2/c1-2-4-12(15)14-7-8-16-11-6-3-5-10(13)9-11/h3,5-6,9H,2,4,7-8H2,1H3,(H,14,15). The molecule has 1 rings (SSSR count). The van der Waals surface area contributed by atoms with E-state index in [0.717, 1.165) is 12.2 Å². The zero-order valence-corrected chi connectivity index (χ0v) is 10.1. The van der Waals surface area contributed by atoms with Crippen LogP contribution in [0.3, 0.4) is 0 Å². The lowest BCUT2D eigenvalue weighted by molar-refractivity contribution is -0.121. The number of hydrogen-bond donors (Lipinski definition) is 1. The summed E-state index contributed by atoms with van der Waals surface area (Å²) in [5, 5.41) is 3.42. The van der Waals surface area contributed by atoms with Crippen LogP contribution in [0.1, 0.15) is 19.8 Å². The van der Waals surface area contributed by atoms with Gasteiger partial charge in [-0.15, -0.1) is 0 Å². The molecule has 0 spiro atoms. The first-order chi connectivity index (χ1) is 7.72. The van der Waals surface area contributed by atoms with Gasteiger partial charge in [-0.1, -0.05) is 24.6 Å². The molecule has 0 bridgehead atoms. The normalized spacial score (nSPS) is 9.88. The van der Waals surface area contributed by atoms with Gasteiger partial charge in [0.1, 0.15) is 12.4 Å². The Morgan fingerprint density at radius 3 is 3.00 bits per heavy atom. The van der Waals surface area contributed by atoms with E-state index in [0.29, 0.717) is 24.6 Å². The number of benzene rings is 1. The van der Waals surface area contributed by atoms with Crippen molar-refractivity contribution < 1.29 is 9.53 Å². The Kier molecular flexibility index (Phi) is 5.72. The third-order valence-corrected chi connectivity index (χ3v) is 2.20. The molecule has 0 aliphatic carbocycles. The fourth-order valence-electron chi connectivity index (χ4n) is 1.23. The highest BCUT2D eigenvalue weighted by Gasteiger charge is 1.98. The molecule has 0 saturated heterocycles. The highest BCUT2D eigenvalue weighted by Crippen LogP contribution is 2.16. The van der Waals surface area contributed by atoms with Crippen molar-refractivity contribution in [3.8, 4) is 5.75 Å². The van der Waals surface area contributed by atoms with Gasteiger partial charge in [-0.25, -0.2) is 0 Å². The molecule has 16 heavy (non-hydrogen) atoms. The summed E-state index contributed by atoms with van der Waals surface area (Å²) in [6.07, 6.45) is 1.43. The summed E-state index contributed by atoms with van der Waals surface area (Å²) >= 11 is 5.80. The molecule has 4 heteroatoms. The molecule has 1 aromatic carbocycles. The Morgan fingerprint density at radius 2 is 2.31 bits per heavy atom. The average molecular weight is 242 g/mol. The number of nitrogens with one attached hydrogen (secondary N) is 1. The summed E-state index contributed by atoms with van der Waals surface area (Å²) in [6, 6.07) is 7.19. The van der Waals surface area contributed by atoms with Crippen molar-refractivity contribution in [2.24, 2.45) is 0 Å². The first kappa shape index (κ1) is 12.8. The molecule has 88 valence electrons. The molecule has 0 aliphatic heterocycles. The Morgan fingerprint density at radius 1 is 1.50 bits per heavy atom. The molecule has 0 heterocycles. The second kappa shape index (κ2) is 7.12. The van der Waals surface area contributed by atoms with Gasteiger partial charge >= 0.3 is 0 Å². The van der Waals surface area contributed by atoms with Crippen LogP contribution in [-0.2, 0) is 4.79 Å². The maximum atomic E-state index is 11.1. The third-order valence-electron chi connectivity index (χ3n) is 1.97. The zero-order valence-electron chi connectivity index (χ0n) is 9.33. The second-order valence-corrected chi connectivity index (χ2v) is 3.84. The fraction of sp³-hybridized carbons (Fsp3) is 0.417. The number of hydrogen-bond acceptors (Lipinski definition) is 2. The fourth-order valence-corrected chi connectivity index (χ4v) is 1.41. The van der Waals surface area contributed by atoms with E-state index in [1.165, 1.54) is 0 Å². The van der Waals surface area contributed by atoms with Gasteiger partial charge in [-0.3, -0.25) is 4.79 Å². The quantitative estimate of drug-likeness (QED) is 0.778. The largest absolute Gasteiger partial charge is 0.492 e. The molecule has 0 radical (unpaired) electrons. The van der Waals surface area contributed by atoms with Crippen LogP contribution in [-0.4, -0.2) is 19.1 Å². The van der Waals surface area contributed by atoms with Crippen molar-refractivity contribution >= 4 is 17.5 Å². The van der Waals surface area contributed by atoms with E-state index >= 15 is 0 Å². The van der Waals surface area contributed by atoms with E-state index in [9.17, 15) is 4.79 Å². The van der Waals surface area contributed by atoms with Crippen molar-refractivity contribution in [2.45, 2.75) is 19.8 Å². The van der Waals surface area contributed by atoms with Crippen LogP contribution in [0.15, 0.2) is 24.3 Å². The van der Waals surface area contributed by atoms with Crippen LogP contribution < -0.4 is 10.1 Å². The Labute approximate surface area is 101 Å². The number of ether oxygens (including phenoxy) is 1. The minimum absolute atomic E-state index is 0.0668. The van der Waals surface area contributed by atoms with Crippen LogP contribution in [0.5, 0.6) is 5.75 Å². The summed E-state index contributed by atoms with van der Waals surface area (Å²) in [4.78, 5) is 11.1. The van der Waals surface area contributed by atoms with Crippen LogP contribution in [0.2, 0.25) is 5.02 Å². The van der Waals surface area contributed by atoms with E-state index in [4.69, 9.17) is 16.3 Å². The number of halogens is 1. The topological polar surface area (TPSA) is 38.3 Å². The van der Waals surface area contributed by atoms with E-state index < -0.39 is 0 Å². The summed E-state index contributed by atoms with van der Waals surface area (Å²) in [6.45, 7) is 2.95. The lowest BCUT2D eigenvalue weighted by Gasteiger charge is -2.07. The molecule has 0 fully saturated rings. The summed E-state index contributed by atoms with van der Waals surface area (Å²) in [7, 11) is 0. The van der Waals surface area contributed by atoms with Crippen molar-refractivity contribution in [1.29, 1.82) is 0 Å². The Balaban J connectivity index is 2.18. The van der Waals surface area contributed by atoms with Crippen molar-refractivity contribution in [1.82, 2.24) is 5.32 Å². The number of amides is 1. The monoisotopic (exact) mass is 241 g/mol. The lowest BCUT2D eigenvalue weighted by Crippen LogP contribution is -2.27. The molecule has 1 aromatic rings. The van der Waals surface area contributed by atoms with Gasteiger partial charge in [-0.05, 0) is 24.6 Å². The van der Waals surface area contributed by atoms with Gasteiger partial charge in [0.05, 0.1) is 6.54 Å². The summed E-state index contributed by atoms with van der Waals surface area (Å²) < 4.78 is 5.42. The molecule has 0 unspecified atom stereocenters. The predicted octanol–water partition coefficient (Wildman–Crippen LogP) is 2.64. The van der Waals surface area contributed by atoms with Gasteiger partial charge in [0.2, 0.25) is 5.91 Å². The van der Waals surface area contributed by atoms with E-state index in [-0.39, 0.29) is 5.91 Å². The molecular formula is C12H16ClNO2. The summed E-state index contributed by atoms with van der Waals surface area (Å²) in [5.74, 6) is 0.787. The van der Waals surface area contributed by atoms with Crippen molar-refractivity contribution in [3.05, 3.63) is 29.3 Å². The molecule has 0 aromatic heterocycles. The third kappa shape index (κ3) is 5.03. The van der Waals surface area contributed by atoms with Gasteiger partial charge in [0, 0.05) is 11.4 Å². The Hall–Kier alpha value is -1.22. The molecule has 1 amide bonds. The molecule has 3 nitrogen and oxygen atoms in total. The maximum absolute atomic E-state index is 11.1. The molecule has 1 N–H and O–H groups in total. The number of rotatable bonds is 6. The van der Waals surface area contributed by atoms with Gasteiger partial charge < -0.3 is 10.1 Å². The van der Waals surface area contributed by atoms with Crippen LogP contribution >= 0.6 is 11.6 Å². The highest BCUT2D eigenvalue weighted by atomic mass is 35.5. The van der Waals surface area contributed by atoms with Crippen LogP contribution in [0, 0.1) is 0 Å². The van der Waals surface area contributed by atoms with Crippen LogP contribution in [0.25, 0.3) is 0 Å². The molecular weight excluding hydrogens is 226 g/mol. The van der Waals surface area contributed by atoms with Gasteiger partial charge in [0.25, 0.3) is 0 Å². The summed E-state index contributed by atoms with van der Waals surface area (Å²) in [5.41, 5.74) is 0. The molecule has 0 saturated carbocycles. The van der Waals surface area contributed by atoms with Crippen LogP contribution in [0.4, 0.5) is 0 Å². The average Bonchev–Trinajstić information content (AvgIpc) is 2.25. The number of carbonyl (C=O) groups is 1. The predicted molar refractivity (Wildman–Crippen MR) is 64.9 cm³/mol. The van der Waals surface area contributed by atoms with E-state index in [1.54, 1.807) is 12.1 Å². The van der Waals surface area contributed by atoms with Gasteiger partial charge in [0.15, 0.2) is 0 Å².